The van der Waals surface area contributed by atoms with E-state index in [-0.39, 0.29) is 17.8 Å². The Balaban J connectivity index is 2.29. The summed E-state index contributed by atoms with van der Waals surface area (Å²) in [5, 5.41) is 22.0. The van der Waals surface area contributed by atoms with E-state index in [9.17, 15) is 19.8 Å². The molecule has 0 spiro atoms. The van der Waals surface area contributed by atoms with Crippen LogP contribution < -0.4 is 0 Å². The first-order valence-corrected chi connectivity index (χ1v) is 10.4. The summed E-state index contributed by atoms with van der Waals surface area (Å²) in [7, 11) is 0. The number of allylic oxidation sites excluding steroid dienone is 2. The van der Waals surface area contributed by atoms with Crippen molar-refractivity contribution in [2.75, 3.05) is 0 Å². The lowest BCUT2D eigenvalue weighted by atomic mass is 9.75. The Morgan fingerprint density at radius 2 is 1.89 bits per heavy atom. The summed E-state index contributed by atoms with van der Waals surface area (Å²) in [5.74, 6) is -0.984. The lowest BCUT2D eigenvalue weighted by Gasteiger charge is -2.41. The maximum atomic E-state index is 12.4. The molecule has 2 rings (SSSR count). The summed E-state index contributed by atoms with van der Waals surface area (Å²) < 4.78 is 11.0. The fourth-order valence-electron chi connectivity index (χ4n) is 4.28. The van der Waals surface area contributed by atoms with Gasteiger partial charge in [-0.15, -0.1) is 0 Å². The van der Waals surface area contributed by atoms with Gasteiger partial charge in [-0.1, -0.05) is 18.6 Å². The Morgan fingerprint density at radius 1 is 1.21 bits per heavy atom. The number of fused-ring (bicyclic) bond motifs is 2. The highest BCUT2D eigenvalue weighted by Gasteiger charge is 2.44. The van der Waals surface area contributed by atoms with Gasteiger partial charge in [-0.05, 0) is 71.6 Å². The highest BCUT2D eigenvalue weighted by atomic mass is 16.6. The van der Waals surface area contributed by atoms with Crippen molar-refractivity contribution >= 4 is 11.9 Å². The molecule has 160 valence electrons. The highest BCUT2D eigenvalue weighted by molar-refractivity contribution is 5.73. The smallest absolute Gasteiger partial charge is 0.309 e. The van der Waals surface area contributed by atoms with Crippen molar-refractivity contribution in [3.05, 3.63) is 11.6 Å². The van der Waals surface area contributed by atoms with E-state index < -0.39 is 29.4 Å². The van der Waals surface area contributed by atoms with E-state index in [2.05, 4.69) is 6.08 Å². The monoisotopic (exact) mass is 396 g/mol. The average Bonchev–Trinajstić information content (AvgIpc) is 2.58. The van der Waals surface area contributed by atoms with Crippen LogP contribution in [-0.2, 0) is 19.1 Å². The van der Waals surface area contributed by atoms with Crippen LogP contribution in [0.3, 0.4) is 0 Å². The third kappa shape index (κ3) is 5.80. The second-order valence-electron chi connectivity index (χ2n) is 9.19. The minimum atomic E-state index is -1.19. The van der Waals surface area contributed by atoms with Crippen molar-refractivity contribution in [1.82, 2.24) is 0 Å². The molecule has 1 fully saturated rings. The third-order valence-electron chi connectivity index (χ3n) is 6.52. The van der Waals surface area contributed by atoms with E-state index in [1.807, 2.05) is 13.8 Å². The quantitative estimate of drug-likeness (QED) is 0.522. The van der Waals surface area contributed by atoms with Gasteiger partial charge in [0.1, 0.15) is 12.2 Å². The maximum Gasteiger partial charge on any atom is 0.309 e. The standard InChI is InChI=1S/C22H36O6/c1-14-7-6-11-21(4,25)19-13-17(15(2)20(24)28-19)10-12-22(5,26)18(9-8-14)27-16(3)23/h7,15,17-19,25-26H,6,8-13H2,1-5H3/b14-7+/t15-,17+,18-,19+,21-,22+/m0/s1. The number of carbonyl (C=O) groups excluding carboxylic acids is 2. The van der Waals surface area contributed by atoms with Gasteiger partial charge in [0.05, 0.1) is 17.1 Å². The van der Waals surface area contributed by atoms with Crippen LogP contribution in [0.1, 0.15) is 79.6 Å². The van der Waals surface area contributed by atoms with E-state index in [0.717, 1.165) is 5.57 Å². The van der Waals surface area contributed by atoms with E-state index in [1.165, 1.54) is 6.92 Å². The molecule has 1 saturated heterocycles. The Hall–Kier alpha value is -1.40. The molecule has 0 aromatic rings. The number of hydrogen-bond donors (Lipinski definition) is 2. The van der Waals surface area contributed by atoms with Crippen molar-refractivity contribution in [3.8, 4) is 0 Å². The lowest BCUT2D eigenvalue weighted by Crippen LogP contribution is -2.49. The third-order valence-corrected chi connectivity index (χ3v) is 6.52. The Morgan fingerprint density at radius 3 is 2.54 bits per heavy atom. The molecule has 2 aliphatic rings. The molecule has 1 aliphatic heterocycles. The zero-order valence-electron chi connectivity index (χ0n) is 17.9. The SMILES string of the molecule is CC(=O)O[C@H]1CC/C(C)=C/CC[C@](C)(O)[C@H]2C[C@@H](CC[C@@]1(C)O)[C@H](C)C(=O)O2. The molecule has 0 aromatic carbocycles. The van der Waals surface area contributed by atoms with E-state index in [4.69, 9.17) is 9.47 Å². The molecule has 0 amide bonds. The molecule has 2 bridgehead atoms. The minimum Gasteiger partial charge on any atom is -0.459 e. The van der Waals surface area contributed by atoms with Gasteiger partial charge in [0.25, 0.3) is 0 Å². The number of hydrogen-bond acceptors (Lipinski definition) is 6. The summed E-state index contributed by atoms with van der Waals surface area (Å²) in [6, 6.07) is 0. The molecule has 0 saturated carbocycles. The summed E-state index contributed by atoms with van der Waals surface area (Å²) in [6.07, 6.45) is 4.91. The Kier molecular flexibility index (Phi) is 7.32. The molecule has 1 heterocycles. The number of carbonyl (C=O) groups is 2. The maximum absolute atomic E-state index is 12.4. The normalized spacial score (nSPS) is 42.5. The van der Waals surface area contributed by atoms with Gasteiger partial charge in [0.15, 0.2) is 0 Å². The summed E-state index contributed by atoms with van der Waals surface area (Å²) in [6.45, 7) is 8.63. The van der Waals surface area contributed by atoms with Crippen LogP contribution in [0.2, 0.25) is 0 Å². The zero-order valence-corrected chi connectivity index (χ0v) is 17.9. The predicted molar refractivity (Wildman–Crippen MR) is 105 cm³/mol. The fourth-order valence-corrected chi connectivity index (χ4v) is 4.28. The van der Waals surface area contributed by atoms with Crippen LogP contribution in [0.25, 0.3) is 0 Å². The van der Waals surface area contributed by atoms with Crippen molar-refractivity contribution in [1.29, 1.82) is 0 Å². The van der Waals surface area contributed by atoms with Gasteiger partial charge in [0.2, 0.25) is 0 Å². The number of aliphatic hydroxyl groups is 2. The van der Waals surface area contributed by atoms with Crippen LogP contribution in [0.4, 0.5) is 0 Å². The van der Waals surface area contributed by atoms with Crippen LogP contribution in [0, 0.1) is 11.8 Å². The molecule has 6 heteroatoms. The van der Waals surface area contributed by atoms with Crippen LogP contribution in [-0.4, -0.2) is 45.6 Å². The van der Waals surface area contributed by atoms with Crippen LogP contribution >= 0.6 is 0 Å². The van der Waals surface area contributed by atoms with Gasteiger partial charge in [-0.25, -0.2) is 0 Å². The van der Waals surface area contributed by atoms with Gasteiger partial charge in [-0.2, -0.15) is 0 Å². The van der Waals surface area contributed by atoms with Crippen LogP contribution in [0.15, 0.2) is 11.6 Å². The molecule has 2 N–H and O–H groups in total. The molecule has 28 heavy (non-hydrogen) atoms. The summed E-state index contributed by atoms with van der Waals surface area (Å²) >= 11 is 0. The fraction of sp³-hybridized carbons (Fsp3) is 0.818. The second-order valence-corrected chi connectivity index (χ2v) is 9.19. The average molecular weight is 397 g/mol. The first kappa shape index (κ1) is 22.9. The van der Waals surface area contributed by atoms with Gasteiger partial charge < -0.3 is 19.7 Å². The first-order chi connectivity index (χ1) is 12.9. The van der Waals surface area contributed by atoms with Crippen LogP contribution in [0.5, 0.6) is 0 Å². The van der Waals surface area contributed by atoms with Crippen molar-refractivity contribution < 1.29 is 29.3 Å². The highest BCUT2D eigenvalue weighted by Crippen LogP contribution is 2.38. The van der Waals surface area contributed by atoms with E-state index in [1.54, 1.807) is 13.8 Å². The lowest BCUT2D eigenvalue weighted by molar-refractivity contribution is -0.185. The summed E-state index contributed by atoms with van der Waals surface area (Å²) in [5.41, 5.74) is -1.15. The Labute approximate surface area is 168 Å². The molecular formula is C22H36O6. The first-order valence-electron chi connectivity index (χ1n) is 10.4. The Bertz CT molecular complexity index is 606. The molecule has 6 atom stereocenters. The zero-order chi connectivity index (χ0) is 21.1. The van der Waals surface area contributed by atoms with E-state index in [0.29, 0.717) is 44.9 Å². The number of esters is 2. The van der Waals surface area contributed by atoms with Gasteiger partial charge >= 0.3 is 11.9 Å². The molecule has 6 nitrogen and oxygen atoms in total. The molecule has 1 aliphatic carbocycles. The molecule has 0 unspecified atom stereocenters. The van der Waals surface area contributed by atoms with E-state index >= 15 is 0 Å². The molecular weight excluding hydrogens is 360 g/mol. The second kappa shape index (κ2) is 8.95. The van der Waals surface area contributed by atoms with Gasteiger partial charge in [0, 0.05) is 6.92 Å². The van der Waals surface area contributed by atoms with Crippen molar-refractivity contribution in [2.45, 2.75) is 103 Å². The number of rotatable bonds is 1. The largest absolute Gasteiger partial charge is 0.459 e. The van der Waals surface area contributed by atoms with Crippen molar-refractivity contribution in [3.63, 3.8) is 0 Å². The predicted octanol–water partition coefficient (Wildman–Crippen LogP) is 3.29. The minimum absolute atomic E-state index is 0.00222. The topological polar surface area (TPSA) is 93.1 Å². The molecule has 0 aromatic heterocycles. The van der Waals surface area contributed by atoms with Crippen molar-refractivity contribution in [2.24, 2.45) is 11.8 Å². The van der Waals surface area contributed by atoms with Gasteiger partial charge in [-0.3, -0.25) is 9.59 Å². The summed E-state index contributed by atoms with van der Waals surface area (Å²) in [4.78, 5) is 23.9. The molecule has 0 radical (unpaired) electrons. The number of ether oxygens (including phenoxy) is 2.